The quantitative estimate of drug-likeness (QED) is 0.611. The Labute approximate surface area is 111 Å². The smallest absolute Gasteiger partial charge is 0.423 e. The van der Waals surface area contributed by atoms with E-state index < -0.39 is 34.9 Å². The maximum atomic E-state index is 12.8. The number of hydrogen-bond donors (Lipinski definition) is 0. The van der Waals surface area contributed by atoms with Crippen LogP contribution >= 0.6 is 0 Å². The van der Waals surface area contributed by atoms with Gasteiger partial charge in [0.25, 0.3) is 0 Å². The van der Waals surface area contributed by atoms with Crippen LogP contribution in [0.2, 0.25) is 0 Å². The van der Waals surface area contributed by atoms with E-state index in [0.29, 0.717) is 6.20 Å². The van der Waals surface area contributed by atoms with E-state index in [1.165, 1.54) is 20.3 Å². The minimum absolute atomic E-state index is 0.103. The third kappa shape index (κ3) is 4.51. The molecule has 5 nitrogen and oxygen atoms in total. The van der Waals surface area contributed by atoms with Gasteiger partial charge in [-0.1, -0.05) is 0 Å². The first-order valence-electron chi connectivity index (χ1n) is 5.19. The second kappa shape index (κ2) is 6.40. The Kier molecular flexibility index (Phi) is 5.39. The molecule has 19 heavy (non-hydrogen) atoms. The summed E-state index contributed by atoms with van der Waals surface area (Å²) in [6.45, 7) is 1.64. The van der Waals surface area contributed by atoms with E-state index in [9.17, 15) is 17.7 Å². The monoisotopic (exact) mass is 298 g/mol. The molecule has 0 bridgehead atoms. The van der Waals surface area contributed by atoms with Crippen LogP contribution in [0.3, 0.4) is 0 Å². The van der Waals surface area contributed by atoms with Crippen LogP contribution in [0.4, 0.5) is 13.2 Å². The molecular weight excluding hydrogens is 285 g/mol. The predicted octanol–water partition coefficient (Wildman–Crippen LogP) is 1.65. The molecule has 0 aliphatic rings. The van der Waals surface area contributed by atoms with Gasteiger partial charge in [-0.05, 0) is 6.92 Å². The Morgan fingerprint density at radius 2 is 2.11 bits per heavy atom. The number of alkyl halides is 3. The number of halogens is 3. The van der Waals surface area contributed by atoms with E-state index in [1.54, 1.807) is 0 Å². The Balaban J connectivity index is 3.11. The molecule has 0 amide bonds. The van der Waals surface area contributed by atoms with Crippen molar-refractivity contribution in [1.29, 1.82) is 0 Å². The number of ether oxygens (including phenoxy) is 2. The van der Waals surface area contributed by atoms with Gasteiger partial charge in [-0.15, -0.1) is 4.98 Å². The van der Waals surface area contributed by atoms with Crippen LogP contribution in [0.5, 0.6) is 5.88 Å². The largest absolute Gasteiger partial charge is 0.609 e. The molecule has 0 fully saturated rings. The van der Waals surface area contributed by atoms with Crippen LogP contribution in [-0.2, 0) is 22.1 Å². The first kappa shape index (κ1) is 16.0. The number of aromatic nitrogens is 2. The van der Waals surface area contributed by atoms with Crippen molar-refractivity contribution in [2.75, 3.05) is 20.0 Å². The van der Waals surface area contributed by atoms with Crippen LogP contribution in [0.1, 0.15) is 12.5 Å². The van der Waals surface area contributed by atoms with Gasteiger partial charge in [0.15, 0.2) is 0 Å². The van der Waals surface area contributed by atoms with E-state index in [-0.39, 0.29) is 11.8 Å². The van der Waals surface area contributed by atoms with E-state index in [2.05, 4.69) is 9.97 Å². The maximum Gasteiger partial charge on any atom is 0.423 e. The summed E-state index contributed by atoms with van der Waals surface area (Å²) in [7, 11) is 1.40. The molecule has 1 heterocycles. The summed E-state index contributed by atoms with van der Waals surface area (Å²) >= 11 is -1.59. The van der Waals surface area contributed by atoms with Crippen molar-refractivity contribution >= 4 is 11.2 Å². The minimum Gasteiger partial charge on any atom is -0.609 e. The van der Waals surface area contributed by atoms with Gasteiger partial charge in [0.2, 0.25) is 5.88 Å². The molecule has 0 spiro atoms. The molecule has 0 aliphatic carbocycles. The zero-order valence-electron chi connectivity index (χ0n) is 10.5. The first-order chi connectivity index (χ1) is 8.75. The molecule has 1 aromatic rings. The van der Waals surface area contributed by atoms with E-state index in [0.717, 1.165) is 0 Å². The highest BCUT2D eigenvalue weighted by molar-refractivity contribution is 7.90. The first-order valence-corrected chi connectivity index (χ1v) is 6.74. The highest BCUT2D eigenvalue weighted by Crippen LogP contribution is 2.35. The standard InChI is InChI=1S/C10H13F3N2O3S/c1-6(5-17-2)18-8-7(10(11,12)13)4-14-9(15-8)19(3)16/h4,6H,5H2,1-3H3/t6-,19?/m1/s1. The van der Waals surface area contributed by atoms with Gasteiger partial charge in [-0.3, -0.25) is 0 Å². The normalized spacial score (nSPS) is 15.1. The van der Waals surface area contributed by atoms with Crippen LogP contribution in [-0.4, -0.2) is 40.6 Å². The van der Waals surface area contributed by atoms with Crippen molar-refractivity contribution in [3.05, 3.63) is 11.8 Å². The Bertz CT molecular complexity index is 429. The van der Waals surface area contributed by atoms with Crippen molar-refractivity contribution in [3.8, 4) is 5.88 Å². The number of hydrogen-bond acceptors (Lipinski definition) is 5. The fourth-order valence-electron chi connectivity index (χ4n) is 1.23. The maximum absolute atomic E-state index is 12.8. The highest BCUT2D eigenvalue weighted by Gasteiger charge is 2.37. The van der Waals surface area contributed by atoms with Crippen molar-refractivity contribution < 1.29 is 27.2 Å². The molecule has 0 saturated carbocycles. The molecule has 0 radical (unpaired) electrons. The lowest BCUT2D eigenvalue weighted by Crippen LogP contribution is -2.22. The summed E-state index contributed by atoms with van der Waals surface area (Å²) in [5.41, 5.74) is -1.11. The Morgan fingerprint density at radius 3 is 2.58 bits per heavy atom. The fraction of sp³-hybridized carbons (Fsp3) is 0.600. The fourth-order valence-corrected chi connectivity index (χ4v) is 1.65. The summed E-state index contributed by atoms with van der Waals surface area (Å²) in [5, 5.41) is -0.215. The summed E-state index contributed by atoms with van der Waals surface area (Å²) in [5.74, 6) is -0.641. The molecule has 9 heteroatoms. The summed E-state index contributed by atoms with van der Waals surface area (Å²) in [6.07, 6.45) is -3.43. The van der Waals surface area contributed by atoms with Crippen molar-refractivity contribution in [2.45, 2.75) is 24.4 Å². The average Bonchev–Trinajstić information content (AvgIpc) is 2.27. The molecule has 108 valence electrons. The number of methoxy groups -OCH3 is 1. The second-order valence-corrected chi connectivity index (χ2v) is 4.98. The average molecular weight is 298 g/mol. The van der Waals surface area contributed by atoms with Crippen LogP contribution in [0.15, 0.2) is 11.4 Å². The number of nitrogens with zero attached hydrogens (tertiary/aromatic N) is 2. The Hall–Kier alpha value is -1.06. The zero-order chi connectivity index (χ0) is 14.6. The molecule has 2 atom stereocenters. The van der Waals surface area contributed by atoms with Gasteiger partial charge in [-0.25, -0.2) is 0 Å². The third-order valence-corrected chi connectivity index (χ3v) is 2.72. The van der Waals surface area contributed by atoms with Gasteiger partial charge in [0, 0.05) is 18.3 Å². The van der Waals surface area contributed by atoms with E-state index in [4.69, 9.17) is 9.47 Å². The van der Waals surface area contributed by atoms with Crippen molar-refractivity contribution in [2.24, 2.45) is 0 Å². The summed E-state index contributed by atoms with van der Waals surface area (Å²) < 4.78 is 59.3. The molecule has 1 rings (SSSR count). The van der Waals surface area contributed by atoms with Gasteiger partial charge < -0.3 is 14.0 Å². The van der Waals surface area contributed by atoms with Crippen LogP contribution in [0, 0.1) is 0 Å². The van der Waals surface area contributed by atoms with Gasteiger partial charge >= 0.3 is 11.3 Å². The second-order valence-electron chi connectivity index (χ2n) is 3.71. The predicted molar refractivity (Wildman–Crippen MR) is 61.3 cm³/mol. The van der Waals surface area contributed by atoms with Crippen LogP contribution < -0.4 is 4.74 Å². The molecule has 0 aliphatic heterocycles. The zero-order valence-corrected chi connectivity index (χ0v) is 11.3. The molecule has 0 N–H and O–H groups in total. The van der Waals surface area contributed by atoms with Gasteiger partial charge in [0.05, 0.1) is 12.8 Å². The minimum atomic E-state index is -4.64. The van der Waals surface area contributed by atoms with Crippen molar-refractivity contribution in [3.63, 3.8) is 0 Å². The molecule has 0 saturated heterocycles. The summed E-state index contributed by atoms with van der Waals surface area (Å²) in [4.78, 5) is 6.97. The highest BCUT2D eigenvalue weighted by atomic mass is 32.2. The van der Waals surface area contributed by atoms with E-state index in [1.807, 2.05) is 0 Å². The van der Waals surface area contributed by atoms with Crippen molar-refractivity contribution in [1.82, 2.24) is 9.97 Å². The van der Waals surface area contributed by atoms with Gasteiger partial charge in [-0.2, -0.15) is 18.2 Å². The summed E-state index contributed by atoms with van der Waals surface area (Å²) in [6, 6.07) is 0. The number of rotatable bonds is 5. The Morgan fingerprint density at radius 1 is 1.47 bits per heavy atom. The molecule has 1 aromatic heterocycles. The third-order valence-electron chi connectivity index (χ3n) is 2.01. The SMILES string of the molecule is COC[C@@H](C)Oc1nc([S+](C)[O-])ncc1C(F)(F)F. The lowest BCUT2D eigenvalue weighted by molar-refractivity contribution is -0.140. The van der Waals surface area contributed by atoms with Crippen LogP contribution in [0.25, 0.3) is 0 Å². The lowest BCUT2D eigenvalue weighted by Gasteiger charge is -2.17. The molecular formula is C10H13F3N2O3S. The topological polar surface area (TPSA) is 67.3 Å². The molecule has 1 unspecified atom stereocenters. The van der Waals surface area contributed by atoms with Gasteiger partial charge in [0.1, 0.15) is 17.9 Å². The lowest BCUT2D eigenvalue weighted by atomic mass is 10.3. The van der Waals surface area contributed by atoms with E-state index >= 15 is 0 Å². The molecule has 0 aromatic carbocycles.